The maximum absolute atomic E-state index is 12.3. The zero-order chi connectivity index (χ0) is 14.7. The number of nitrogens with zero attached hydrogens (tertiary/aromatic N) is 2. The number of carbonyl (C=O) groups is 2. The Morgan fingerprint density at radius 3 is 2.45 bits per heavy atom. The fourth-order valence-corrected chi connectivity index (χ4v) is 1.80. The Kier molecular flexibility index (Phi) is 4.10. The average molecular weight is 291 g/mol. The van der Waals surface area contributed by atoms with Crippen molar-refractivity contribution < 1.29 is 14.7 Å². The SMILES string of the molecule is CCc1ncc(C(=O)c2ccc(Cl)cc2)c(C(=O)O)n1. The summed E-state index contributed by atoms with van der Waals surface area (Å²) in [5.74, 6) is -1.31. The number of carbonyl (C=O) groups excluding carboxylic acids is 1. The van der Waals surface area contributed by atoms with E-state index >= 15 is 0 Å². The normalized spacial score (nSPS) is 10.3. The Labute approximate surface area is 120 Å². The van der Waals surface area contributed by atoms with Crippen LogP contribution in [-0.2, 0) is 6.42 Å². The zero-order valence-electron chi connectivity index (χ0n) is 10.6. The number of aromatic nitrogens is 2. The Morgan fingerprint density at radius 2 is 1.90 bits per heavy atom. The lowest BCUT2D eigenvalue weighted by Crippen LogP contribution is -2.14. The third-order valence-corrected chi connectivity index (χ3v) is 2.96. The van der Waals surface area contributed by atoms with Crippen molar-refractivity contribution in [1.82, 2.24) is 9.97 Å². The number of carboxylic acids is 1. The van der Waals surface area contributed by atoms with Gasteiger partial charge in [-0.25, -0.2) is 14.8 Å². The molecule has 0 aliphatic carbocycles. The number of halogens is 1. The summed E-state index contributed by atoms with van der Waals surface area (Å²) in [6.07, 6.45) is 1.75. The number of aryl methyl sites for hydroxylation is 1. The summed E-state index contributed by atoms with van der Waals surface area (Å²) in [4.78, 5) is 31.4. The Balaban J connectivity index is 2.48. The third kappa shape index (κ3) is 2.83. The lowest BCUT2D eigenvalue weighted by atomic mass is 10.0. The topological polar surface area (TPSA) is 80.2 Å². The van der Waals surface area contributed by atoms with Crippen molar-refractivity contribution in [2.75, 3.05) is 0 Å². The molecule has 0 atom stereocenters. The molecular weight excluding hydrogens is 280 g/mol. The minimum absolute atomic E-state index is 0.0305. The van der Waals surface area contributed by atoms with Crippen molar-refractivity contribution in [1.29, 1.82) is 0 Å². The summed E-state index contributed by atoms with van der Waals surface area (Å²) in [7, 11) is 0. The van der Waals surface area contributed by atoms with Gasteiger partial charge in [0.2, 0.25) is 0 Å². The molecule has 0 saturated heterocycles. The molecule has 102 valence electrons. The maximum atomic E-state index is 12.3. The van der Waals surface area contributed by atoms with E-state index in [0.29, 0.717) is 22.8 Å². The van der Waals surface area contributed by atoms with Crippen molar-refractivity contribution >= 4 is 23.4 Å². The fourth-order valence-electron chi connectivity index (χ4n) is 1.67. The van der Waals surface area contributed by atoms with E-state index in [2.05, 4.69) is 9.97 Å². The molecule has 0 radical (unpaired) electrons. The molecule has 6 heteroatoms. The van der Waals surface area contributed by atoms with Crippen LogP contribution in [0.2, 0.25) is 5.02 Å². The molecule has 0 unspecified atom stereocenters. The van der Waals surface area contributed by atoms with E-state index in [-0.39, 0.29) is 11.3 Å². The molecule has 0 spiro atoms. The van der Waals surface area contributed by atoms with Gasteiger partial charge in [-0.15, -0.1) is 0 Å². The molecule has 5 nitrogen and oxygen atoms in total. The first-order chi connectivity index (χ1) is 9.52. The molecule has 2 aromatic rings. The van der Waals surface area contributed by atoms with E-state index in [1.165, 1.54) is 18.3 Å². The Morgan fingerprint density at radius 1 is 1.25 bits per heavy atom. The van der Waals surface area contributed by atoms with Crippen LogP contribution in [0.3, 0.4) is 0 Å². The number of carboxylic acid groups (broad SMARTS) is 1. The molecular formula is C14H11ClN2O3. The largest absolute Gasteiger partial charge is 0.476 e. The lowest BCUT2D eigenvalue weighted by molar-refractivity contribution is 0.0685. The summed E-state index contributed by atoms with van der Waals surface area (Å²) in [5.41, 5.74) is 0.0265. The molecule has 0 aliphatic rings. The van der Waals surface area contributed by atoms with Crippen LogP contribution in [0.5, 0.6) is 0 Å². The molecule has 0 aliphatic heterocycles. The molecule has 1 aromatic carbocycles. The van der Waals surface area contributed by atoms with Crippen molar-refractivity contribution in [3.05, 3.63) is 58.1 Å². The van der Waals surface area contributed by atoms with E-state index < -0.39 is 11.8 Å². The van der Waals surface area contributed by atoms with Gasteiger partial charge in [0, 0.05) is 23.2 Å². The van der Waals surface area contributed by atoms with Crippen molar-refractivity contribution in [2.45, 2.75) is 13.3 Å². The average Bonchev–Trinajstić information content (AvgIpc) is 2.46. The zero-order valence-corrected chi connectivity index (χ0v) is 11.4. The van der Waals surface area contributed by atoms with E-state index in [0.717, 1.165) is 0 Å². The van der Waals surface area contributed by atoms with Crippen LogP contribution in [0.1, 0.15) is 39.2 Å². The molecule has 0 amide bonds. The van der Waals surface area contributed by atoms with Gasteiger partial charge in [-0.3, -0.25) is 4.79 Å². The van der Waals surface area contributed by atoms with Crippen LogP contribution in [0, 0.1) is 0 Å². The first-order valence-electron chi connectivity index (χ1n) is 5.92. The quantitative estimate of drug-likeness (QED) is 0.876. The van der Waals surface area contributed by atoms with Gasteiger partial charge in [-0.2, -0.15) is 0 Å². The Bertz CT molecular complexity index is 669. The molecule has 2 rings (SSSR count). The highest BCUT2D eigenvalue weighted by atomic mass is 35.5. The molecule has 0 bridgehead atoms. The molecule has 1 aromatic heterocycles. The number of aromatic carboxylic acids is 1. The van der Waals surface area contributed by atoms with Gasteiger partial charge in [0.15, 0.2) is 11.5 Å². The number of hydrogen-bond donors (Lipinski definition) is 1. The van der Waals surface area contributed by atoms with Crippen molar-refractivity contribution in [3.63, 3.8) is 0 Å². The van der Waals surface area contributed by atoms with Crippen LogP contribution in [0.4, 0.5) is 0 Å². The molecule has 0 saturated carbocycles. The van der Waals surface area contributed by atoms with E-state index in [1.54, 1.807) is 12.1 Å². The predicted octanol–water partition coefficient (Wildman–Crippen LogP) is 2.62. The van der Waals surface area contributed by atoms with Gasteiger partial charge < -0.3 is 5.11 Å². The molecule has 20 heavy (non-hydrogen) atoms. The van der Waals surface area contributed by atoms with Crippen LogP contribution in [-0.4, -0.2) is 26.8 Å². The second-order valence-electron chi connectivity index (χ2n) is 4.04. The van der Waals surface area contributed by atoms with Crippen LogP contribution in [0.15, 0.2) is 30.5 Å². The van der Waals surface area contributed by atoms with E-state index in [9.17, 15) is 9.59 Å². The van der Waals surface area contributed by atoms with Gasteiger partial charge in [0.25, 0.3) is 0 Å². The molecule has 1 heterocycles. The number of rotatable bonds is 4. The first kappa shape index (κ1) is 14.1. The van der Waals surface area contributed by atoms with Gasteiger partial charge in [0.05, 0.1) is 5.56 Å². The summed E-state index contributed by atoms with van der Waals surface area (Å²) in [5, 5.41) is 9.66. The van der Waals surface area contributed by atoms with Gasteiger partial charge in [-0.1, -0.05) is 18.5 Å². The van der Waals surface area contributed by atoms with E-state index in [1.807, 2.05) is 6.92 Å². The summed E-state index contributed by atoms with van der Waals surface area (Å²) in [6, 6.07) is 6.20. The number of ketones is 1. The fraction of sp³-hybridized carbons (Fsp3) is 0.143. The third-order valence-electron chi connectivity index (χ3n) is 2.71. The summed E-state index contributed by atoms with van der Waals surface area (Å²) < 4.78 is 0. The lowest BCUT2D eigenvalue weighted by Gasteiger charge is -2.06. The van der Waals surface area contributed by atoms with E-state index in [4.69, 9.17) is 16.7 Å². The molecule has 1 N–H and O–H groups in total. The number of benzene rings is 1. The monoisotopic (exact) mass is 290 g/mol. The summed E-state index contributed by atoms with van der Waals surface area (Å²) >= 11 is 5.75. The highest BCUT2D eigenvalue weighted by Gasteiger charge is 2.20. The van der Waals surface area contributed by atoms with Crippen molar-refractivity contribution in [2.24, 2.45) is 0 Å². The van der Waals surface area contributed by atoms with Gasteiger partial charge in [0.1, 0.15) is 5.82 Å². The predicted molar refractivity (Wildman–Crippen MR) is 73.3 cm³/mol. The maximum Gasteiger partial charge on any atom is 0.355 e. The highest BCUT2D eigenvalue weighted by molar-refractivity contribution is 6.30. The van der Waals surface area contributed by atoms with Crippen LogP contribution < -0.4 is 0 Å². The standard InChI is InChI=1S/C14H11ClN2O3/c1-2-11-16-7-10(12(17-11)14(19)20)13(18)8-3-5-9(15)6-4-8/h3-7H,2H2,1H3,(H,19,20). The second-order valence-corrected chi connectivity index (χ2v) is 4.48. The molecule has 0 fully saturated rings. The number of hydrogen-bond acceptors (Lipinski definition) is 4. The highest BCUT2D eigenvalue weighted by Crippen LogP contribution is 2.16. The van der Waals surface area contributed by atoms with Gasteiger partial charge in [-0.05, 0) is 24.3 Å². The van der Waals surface area contributed by atoms with Crippen LogP contribution >= 0.6 is 11.6 Å². The smallest absolute Gasteiger partial charge is 0.355 e. The minimum atomic E-state index is -1.25. The minimum Gasteiger partial charge on any atom is -0.476 e. The van der Waals surface area contributed by atoms with Crippen molar-refractivity contribution in [3.8, 4) is 0 Å². The first-order valence-corrected chi connectivity index (χ1v) is 6.30. The second kappa shape index (κ2) is 5.79. The Hall–Kier alpha value is -2.27. The van der Waals surface area contributed by atoms with Gasteiger partial charge >= 0.3 is 5.97 Å². The summed E-state index contributed by atoms with van der Waals surface area (Å²) in [6.45, 7) is 1.81. The van der Waals surface area contributed by atoms with Crippen LogP contribution in [0.25, 0.3) is 0 Å².